The molecule has 0 nitrogen and oxygen atoms in total. The van der Waals surface area contributed by atoms with Crippen molar-refractivity contribution in [1.29, 1.82) is 0 Å². The fourth-order valence-electron chi connectivity index (χ4n) is 1.11. The summed E-state index contributed by atoms with van der Waals surface area (Å²) in [6.07, 6.45) is 0. The Labute approximate surface area is 126 Å². The summed E-state index contributed by atoms with van der Waals surface area (Å²) < 4.78 is 0. The zero-order valence-corrected chi connectivity index (χ0v) is 10.5. The predicted molar refractivity (Wildman–Crippen MR) is 61.0 cm³/mol. The van der Waals surface area contributed by atoms with E-state index >= 15 is 0 Å². The second kappa shape index (κ2) is 8.94. The maximum atomic E-state index is 3.16. The van der Waals surface area contributed by atoms with Gasteiger partial charge in [-0.15, -0.1) is 0 Å². The molecule has 0 aromatic heterocycles. The van der Waals surface area contributed by atoms with E-state index in [1.54, 1.807) is 11.8 Å². The van der Waals surface area contributed by atoms with Gasteiger partial charge in [-0.2, -0.15) is 5.75 Å². The second-order valence-corrected chi connectivity index (χ2v) is 3.81. The molecule has 70 valence electrons. The van der Waals surface area contributed by atoms with E-state index in [9.17, 15) is 0 Å². The fourth-order valence-corrected chi connectivity index (χ4v) is 1.84. The average Bonchev–Trinajstić information content (AvgIpc) is 2.29. The average molecular weight is 212 g/mol. The summed E-state index contributed by atoms with van der Waals surface area (Å²) >= 11 is 1.72. The van der Waals surface area contributed by atoms with Gasteiger partial charge in [0.2, 0.25) is 0 Å². The molecule has 2 aromatic rings. The van der Waals surface area contributed by atoms with E-state index in [-0.39, 0.29) is 37.7 Å². The molecule has 0 atom stereocenters. The molecule has 0 N–H and O–H groups in total. The Balaban J connectivity index is 0.00000112. The van der Waals surface area contributed by atoms with Crippen LogP contribution in [0.15, 0.2) is 59.5 Å². The quantitative estimate of drug-likeness (QED) is 0.316. The smallest absolute Gasteiger partial charge is 0.280 e. The third kappa shape index (κ3) is 5.26. The van der Waals surface area contributed by atoms with Crippen LogP contribution in [-0.4, -0.2) is 0 Å². The first-order valence-corrected chi connectivity index (χ1v) is 5.35. The number of benzene rings is 2. The van der Waals surface area contributed by atoms with Crippen LogP contribution in [0, 0.1) is 11.8 Å². The van der Waals surface area contributed by atoms with Gasteiger partial charge in [-0.3, -0.25) is 11.6 Å². The Bertz CT molecular complexity index is 336. The minimum Gasteiger partial charge on any atom is -0.280 e. The van der Waals surface area contributed by atoms with Crippen molar-refractivity contribution >= 4 is 11.8 Å². The summed E-state index contributed by atoms with van der Waals surface area (Å²) in [5, 5.41) is 0. The molecule has 0 aliphatic heterocycles. The van der Waals surface area contributed by atoms with Gasteiger partial charge >= 0.3 is 37.7 Å². The molecule has 0 fully saturated rings. The van der Waals surface area contributed by atoms with Crippen LogP contribution >= 0.6 is 11.8 Å². The molecule has 2 rings (SSSR count). The van der Waals surface area contributed by atoms with Crippen LogP contribution in [0.1, 0.15) is 5.56 Å². The third-order valence-electron chi connectivity index (χ3n) is 1.80. The van der Waals surface area contributed by atoms with Crippen LogP contribution in [-0.2, 0) is 0 Å². The molecule has 0 spiro atoms. The Kier molecular flexibility index (Phi) is 8.86. The second-order valence-electron chi connectivity index (χ2n) is 2.87. The molecule has 16 heavy (non-hydrogen) atoms. The van der Waals surface area contributed by atoms with Crippen LogP contribution in [0.3, 0.4) is 0 Å². The largest absolute Gasteiger partial charge is 1.00 e. The maximum absolute atomic E-state index is 3.16. The predicted octanol–water partition coefficient (Wildman–Crippen LogP) is -2.20. The van der Waals surface area contributed by atoms with Gasteiger partial charge in [0.15, 0.2) is 0 Å². The molecular formula is C13H10Li2S. The zero-order valence-electron chi connectivity index (χ0n) is 9.68. The van der Waals surface area contributed by atoms with E-state index in [1.807, 2.05) is 36.4 Å². The van der Waals surface area contributed by atoms with Gasteiger partial charge in [-0.25, -0.2) is 36.0 Å². The molecule has 0 radical (unpaired) electrons. The van der Waals surface area contributed by atoms with Crippen LogP contribution in [0.5, 0.6) is 0 Å². The van der Waals surface area contributed by atoms with Crippen molar-refractivity contribution in [2.24, 2.45) is 0 Å². The molecule has 0 saturated carbocycles. The normalized spacial score (nSPS) is 8.50. The van der Waals surface area contributed by atoms with Gasteiger partial charge in [-0.1, -0.05) is 18.2 Å². The summed E-state index contributed by atoms with van der Waals surface area (Å²) in [7, 11) is 0. The summed E-state index contributed by atoms with van der Waals surface area (Å²) in [6, 6.07) is 21.5. The molecule has 0 heterocycles. The Hall–Kier alpha value is -0.145. The number of hydrogen-bond acceptors (Lipinski definition) is 1. The van der Waals surface area contributed by atoms with E-state index in [4.69, 9.17) is 0 Å². The van der Waals surface area contributed by atoms with Crippen molar-refractivity contribution in [3.8, 4) is 0 Å². The van der Waals surface area contributed by atoms with Crippen LogP contribution < -0.4 is 37.7 Å². The molecule has 0 aliphatic carbocycles. The van der Waals surface area contributed by atoms with E-state index in [1.165, 1.54) is 4.90 Å². The first kappa shape index (κ1) is 15.9. The molecule has 3 heteroatoms. The Morgan fingerprint density at radius 3 is 2.19 bits per heavy atom. The molecule has 0 bridgehead atoms. The first-order chi connectivity index (χ1) is 6.95. The van der Waals surface area contributed by atoms with Crippen molar-refractivity contribution in [2.75, 3.05) is 0 Å². The maximum Gasteiger partial charge on any atom is 1.00 e. The number of thioether (sulfide) groups is 1. The van der Waals surface area contributed by atoms with Crippen molar-refractivity contribution in [2.45, 2.75) is 4.90 Å². The van der Waals surface area contributed by atoms with Crippen molar-refractivity contribution < 1.29 is 37.7 Å². The molecule has 0 amide bonds. The summed E-state index contributed by atoms with van der Waals surface area (Å²) in [4.78, 5) is 1.25. The van der Waals surface area contributed by atoms with Gasteiger partial charge in [0.25, 0.3) is 0 Å². The SMILES string of the molecule is [Li+].[Li+].[c-]1ccccc1[CH-]Sc1ccccc1. The summed E-state index contributed by atoms with van der Waals surface area (Å²) in [5.41, 5.74) is 1.13. The minimum atomic E-state index is 0. The standard InChI is InChI=1S/C13H10S.2Li/c1-3-7-12(8-4-1)11-14-13-9-5-2-6-10-13;;/h1-7,9-11H;;/q-2;2*+1. The van der Waals surface area contributed by atoms with Crippen molar-refractivity contribution in [3.63, 3.8) is 0 Å². The molecule has 0 saturated heterocycles. The fraction of sp³-hybridized carbons (Fsp3) is 0. The van der Waals surface area contributed by atoms with Crippen molar-refractivity contribution in [1.82, 2.24) is 0 Å². The van der Waals surface area contributed by atoms with Crippen LogP contribution in [0.2, 0.25) is 0 Å². The Morgan fingerprint density at radius 2 is 1.56 bits per heavy atom. The van der Waals surface area contributed by atoms with E-state index in [0.29, 0.717) is 0 Å². The van der Waals surface area contributed by atoms with Gasteiger partial charge in [0.1, 0.15) is 0 Å². The van der Waals surface area contributed by atoms with Gasteiger partial charge < -0.3 is 0 Å². The molecular weight excluding hydrogens is 202 g/mol. The van der Waals surface area contributed by atoms with Crippen molar-refractivity contribution in [3.05, 3.63) is 72.0 Å². The van der Waals surface area contributed by atoms with E-state index in [0.717, 1.165) is 5.56 Å². The number of rotatable bonds is 3. The summed E-state index contributed by atoms with van der Waals surface area (Å²) in [6.45, 7) is 0. The van der Waals surface area contributed by atoms with Crippen LogP contribution in [0.4, 0.5) is 0 Å². The topological polar surface area (TPSA) is 0 Å². The third-order valence-corrected chi connectivity index (χ3v) is 2.71. The molecule has 0 unspecified atom stereocenters. The summed E-state index contributed by atoms with van der Waals surface area (Å²) in [5.74, 6) is 2.11. The zero-order chi connectivity index (χ0) is 9.64. The van der Waals surface area contributed by atoms with Gasteiger partial charge in [0.05, 0.1) is 0 Å². The molecule has 0 aliphatic rings. The first-order valence-electron chi connectivity index (χ1n) is 4.47. The van der Waals surface area contributed by atoms with Gasteiger partial charge in [-0.05, 0) is 17.0 Å². The van der Waals surface area contributed by atoms with Gasteiger partial charge in [0, 0.05) is 0 Å². The van der Waals surface area contributed by atoms with Crippen LogP contribution in [0.25, 0.3) is 0 Å². The molecule has 2 aromatic carbocycles. The minimum absolute atomic E-state index is 0. The monoisotopic (exact) mass is 212 g/mol. The van der Waals surface area contributed by atoms with E-state index < -0.39 is 0 Å². The Morgan fingerprint density at radius 1 is 0.875 bits per heavy atom. The number of hydrogen-bond donors (Lipinski definition) is 0. The van der Waals surface area contributed by atoms with E-state index in [2.05, 4.69) is 30.0 Å².